The highest BCUT2D eigenvalue weighted by Crippen LogP contribution is 2.18. The third-order valence-corrected chi connectivity index (χ3v) is 2.78. The van der Waals surface area contributed by atoms with Crippen LogP contribution in [-0.2, 0) is 16.1 Å². The summed E-state index contributed by atoms with van der Waals surface area (Å²) in [6, 6.07) is 3.24. The number of alkyl halides is 2. The Morgan fingerprint density at radius 3 is 2.79 bits per heavy atom. The lowest BCUT2D eigenvalue weighted by atomic mass is 10.2. The van der Waals surface area contributed by atoms with Gasteiger partial charge in [-0.1, -0.05) is 17.7 Å². The molecule has 0 spiro atoms. The Balaban J connectivity index is 2.14. The van der Waals surface area contributed by atoms with Gasteiger partial charge >= 0.3 is 5.97 Å². The Bertz CT molecular complexity index is 491. The van der Waals surface area contributed by atoms with Gasteiger partial charge < -0.3 is 9.64 Å². The highest BCUT2D eigenvalue weighted by Gasteiger charge is 2.25. The number of ether oxygens (including phenoxy) is 1. The van der Waals surface area contributed by atoms with Crippen LogP contribution in [0.4, 0.5) is 8.78 Å². The molecule has 0 saturated carbocycles. The van der Waals surface area contributed by atoms with E-state index in [0.717, 1.165) is 0 Å². The fourth-order valence-corrected chi connectivity index (χ4v) is 1.86. The second-order valence-corrected chi connectivity index (χ2v) is 4.34. The van der Waals surface area contributed by atoms with E-state index in [0.29, 0.717) is 10.7 Å². The summed E-state index contributed by atoms with van der Waals surface area (Å²) in [4.78, 5) is 16.6. The molecule has 0 bridgehead atoms. The van der Waals surface area contributed by atoms with Crippen LogP contribution in [0.25, 0.3) is 0 Å². The topological polar surface area (TPSA) is 42.4 Å². The van der Waals surface area contributed by atoms with Crippen molar-refractivity contribution in [3.63, 3.8) is 0 Å². The summed E-state index contributed by atoms with van der Waals surface area (Å²) in [6.45, 7) is -0.272. The zero-order valence-corrected chi connectivity index (χ0v) is 10.6. The maximum absolute atomic E-state index is 12.6. The van der Waals surface area contributed by atoms with Crippen molar-refractivity contribution >= 4 is 17.6 Å². The minimum atomic E-state index is -2.55. The van der Waals surface area contributed by atoms with Gasteiger partial charge in [0.2, 0.25) is 0 Å². The van der Waals surface area contributed by atoms with Gasteiger partial charge in [0.1, 0.15) is 17.5 Å². The highest BCUT2D eigenvalue weighted by molar-refractivity contribution is 6.29. The van der Waals surface area contributed by atoms with Crippen LogP contribution in [0, 0.1) is 0 Å². The van der Waals surface area contributed by atoms with Crippen molar-refractivity contribution in [1.29, 1.82) is 0 Å². The molecule has 0 unspecified atom stereocenters. The standard InChI is InChI=1S/C12H11ClF2N2O2/c13-10-2-1-8(5-16-10)6-17(7-11(14)15)9-3-4-19-12(9)18/h1-3,5,11H,4,6-7H2. The van der Waals surface area contributed by atoms with Crippen molar-refractivity contribution in [2.75, 3.05) is 13.2 Å². The van der Waals surface area contributed by atoms with Crippen molar-refractivity contribution < 1.29 is 18.3 Å². The maximum Gasteiger partial charge on any atom is 0.354 e. The third-order valence-electron chi connectivity index (χ3n) is 2.56. The van der Waals surface area contributed by atoms with Crippen LogP contribution in [0.1, 0.15) is 5.56 Å². The minimum absolute atomic E-state index is 0.118. The lowest BCUT2D eigenvalue weighted by Gasteiger charge is -2.23. The number of aromatic nitrogens is 1. The predicted molar refractivity (Wildman–Crippen MR) is 64.7 cm³/mol. The van der Waals surface area contributed by atoms with Crippen LogP contribution in [0.15, 0.2) is 30.1 Å². The number of pyridine rings is 1. The molecule has 7 heteroatoms. The molecule has 1 aromatic rings. The maximum atomic E-state index is 12.6. The van der Waals surface area contributed by atoms with Crippen molar-refractivity contribution in [2.24, 2.45) is 0 Å². The molecule has 0 aliphatic carbocycles. The first-order chi connectivity index (χ1) is 9.06. The number of rotatable bonds is 5. The highest BCUT2D eigenvalue weighted by atomic mass is 35.5. The first kappa shape index (κ1) is 13.7. The number of nitrogens with zero attached hydrogens (tertiary/aromatic N) is 2. The van der Waals surface area contributed by atoms with Gasteiger partial charge in [0.15, 0.2) is 0 Å². The average molecular weight is 289 g/mol. The molecule has 0 N–H and O–H groups in total. The van der Waals surface area contributed by atoms with Crippen LogP contribution >= 0.6 is 11.6 Å². The zero-order valence-electron chi connectivity index (χ0n) is 9.85. The summed E-state index contributed by atoms with van der Waals surface area (Å²) >= 11 is 5.65. The summed E-state index contributed by atoms with van der Waals surface area (Å²) in [5, 5.41) is 0.323. The predicted octanol–water partition coefficient (Wildman–Crippen LogP) is 2.24. The molecule has 19 heavy (non-hydrogen) atoms. The number of cyclic esters (lactones) is 1. The number of halogens is 3. The van der Waals surface area contributed by atoms with Crippen LogP contribution in [-0.4, -0.2) is 35.4 Å². The van der Waals surface area contributed by atoms with Gasteiger partial charge in [0.05, 0.1) is 6.54 Å². The lowest BCUT2D eigenvalue weighted by molar-refractivity contribution is -0.137. The van der Waals surface area contributed by atoms with Gasteiger partial charge in [0.25, 0.3) is 6.43 Å². The molecule has 0 aromatic carbocycles. The molecule has 1 aliphatic rings. The van der Waals surface area contributed by atoms with Gasteiger partial charge in [-0.3, -0.25) is 0 Å². The molecule has 2 heterocycles. The van der Waals surface area contributed by atoms with Gasteiger partial charge in [-0.05, 0) is 17.7 Å². The normalized spacial score (nSPS) is 14.5. The van der Waals surface area contributed by atoms with Crippen LogP contribution in [0.2, 0.25) is 5.15 Å². The van der Waals surface area contributed by atoms with E-state index in [1.165, 1.54) is 17.2 Å². The molecule has 0 radical (unpaired) electrons. The summed E-state index contributed by atoms with van der Waals surface area (Å²) in [5.74, 6) is -0.581. The summed E-state index contributed by atoms with van der Waals surface area (Å²) in [6.07, 6.45) is 0.435. The fourth-order valence-electron chi connectivity index (χ4n) is 1.75. The molecule has 0 fully saturated rings. The van der Waals surface area contributed by atoms with E-state index >= 15 is 0 Å². The third kappa shape index (κ3) is 3.64. The van der Waals surface area contributed by atoms with E-state index in [1.807, 2.05) is 0 Å². The SMILES string of the molecule is O=C1OCC=C1N(Cc1ccc(Cl)nc1)CC(F)F. The Kier molecular flexibility index (Phi) is 4.31. The average Bonchev–Trinajstić information content (AvgIpc) is 2.77. The van der Waals surface area contributed by atoms with Crippen LogP contribution in [0.5, 0.6) is 0 Å². The van der Waals surface area contributed by atoms with Crippen molar-refractivity contribution in [3.05, 3.63) is 40.8 Å². The van der Waals surface area contributed by atoms with Crippen molar-refractivity contribution in [2.45, 2.75) is 13.0 Å². The molecule has 102 valence electrons. The second kappa shape index (κ2) is 5.97. The molecule has 1 aromatic heterocycles. The van der Waals surface area contributed by atoms with E-state index in [4.69, 9.17) is 16.3 Å². The molecular weight excluding hydrogens is 278 g/mol. The second-order valence-electron chi connectivity index (χ2n) is 3.95. The quantitative estimate of drug-likeness (QED) is 0.616. The summed E-state index contributed by atoms with van der Waals surface area (Å²) in [7, 11) is 0. The minimum Gasteiger partial charge on any atom is -0.457 e. The summed E-state index contributed by atoms with van der Waals surface area (Å²) < 4.78 is 29.9. The van der Waals surface area contributed by atoms with E-state index in [-0.39, 0.29) is 18.8 Å². The van der Waals surface area contributed by atoms with E-state index < -0.39 is 18.9 Å². The first-order valence-electron chi connectivity index (χ1n) is 5.57. The van der Waals surface area contributed by atoms with Crippen molar-refractivity contribution in [1.82, 2.24) is 9.88 Å². The number of carbonyl (C=O) groups is 1. The monoisotopic (exact) mass is 288 g/mol. The van der Waals surface area contributed by atoms with Gasteiger partial charge in [-0.15, -0.1) is 0 Å². The Morgan fingerprint density at radius 1 is 1.47 bits per heavy atom. The number of hydrogen-bond donors (Lipinski definition) is 0. The molecule has 0 amide bonds. The first-order valence-corrected chi connectivity index (χ1v) is 5.95. The molecule has 2 rings (SSSR count). The lowest BCUT2D eigenvalue weighted by Crippen LogP contribution is -2.30. The number of esters is 1. The Hall–Kier alpha value is -1.69. The van der Waals surface area contributed by atoms with Gasteiger partial charge in [0, 0.05) is 12.7 Å². The van der Waals surface area contributed by atoms with Gasteiger partial charge in [-0.2, -0.15) is 0 Å². The number of carbonyl (C=O) groups excluding carboxylic acids is 1. The van der Waals surface area contributed by atoms with E-state index in [9.17, 15) is 13.6 Å². The van der Waals surface area contributed by atoms with Crippen LogP contribution in [0.3, 0.4) is 0 Å². The largest absolute Gasteiger partial charge is 0.457 e. The van der Waals surface area contributed by atoms with E-state index in [2.05, 4.69) is 4.98 Å². The zero-order chi connectivity index (χ0) is 13.8. The smallest absolute Gasteiger partial charge is 0.354 e. The number of hydrogen-bond acceptors (Lipinski definition) is 4. The molecule has 0 saturated heterocycles. The molecule has 1 aliphatic heterocycles. The summed E-state index contributed by atoms with van der Waals surface area (Å²) in [5.41, 5.74) is 0.848. The Labute approximate surface area is 113 Å². The molecular formula is C12H11ClF2N2O2. The van der Waals surface area contributed by atoms with Gasteiger partial charge in [-0.25, -0.2) is 18.6 Å². The Morgan fingerprint density at radius 2 is 2.26 bits per heavy atom. The van der Waals surface area contributed by atoms with Crippen LogP contribution < -0.4 is 0 Å². The molecule has 4 nitrogen and oxygen atoms in total. The molecule has 0 atom stereocenters. The fraction of sp³-hybridized carbons (Fsp3) is 0.333. The van der Waals surface area contributed by atoms with Crippen molar-refractivity contribution in [3.8, 4) is 0 Å². The van der Waals surface area contributed by atoms with E-state index in [1.54, 1.807) is 12.1 Å².